The Kier molecular flexibility index (Phi) is 4.44. The lowest BCUT2D eigenvalue weighted by Gasteiger charge is -2.20. The summed E-state index contributed by atoms with van der Waals surface area (Å²) in [5, 5.41) is 11.3. The Morgan fingerprint density at radius 2 is 2.04 bits per heavy atom. The van der Waals surface area contributed by atoms with Gasteiger partial charge in [0.2, 0.25) is 0 Å². The first-order chi connectivity index (χ1) is 12.6. The highest BCUT2D eigenvalue weighted by atomic mass is 19.1. The van der Waals surface area contributed by atoms with Gasteiger partial charge in [-0.15, -0.1) is 0 Å². The normalized spacial score (nSPS) is 24.5. The summed E-state index contributed by atoms with van der Waals surface area (Å²) in [5.41, 5.74) is 1.39. The fourth-order valence-electron chi connectivity index (χ4n) is 4.32. The van der Waals surface area contributed by atoms with Crippen LogP contribution in [0.4, 0.5) is 15.0 Å². The van der Waals surface area contributed by atoms with E-state index in [1.54, 1.807) is 6.20 Å². The largest absolute Gasteiger partial charge is 0.465 e. The predicted octanol–water partition coefficient (Wildman–Crippen LogP) is 3.01. The molecule has 26 heavy (non-hydrogen) atoms. The maximum atomic E-state index is 13.4. The van der Waals surface area contributed by atoms with Gasteiger partial charge in [0.05, 0.1) is 11.9 Å². The maximum Gasteiger partial charge on any atom is 0.404 e. The number of carboxylic acid groups (broad SMARTS) is 1. The molecule has 1 saturated heterocycles. The van der Waals surface area contributed by atoms with E-state index in [-0.39, 0.29) is 5.82 Å². The van der Waals surface area contributed by atoms with Gasteiger partial charge in [0.25, 0.3) is 0 Å². The minimum atomic E-state index is -0.948. The number of halogens is 1. The third-order valence-corrected chi connectivity index (χ3v) is 5.45. The maximum absolute atomic E-state index is 13.4. The SMILES string of the molecule is O=C(O)NCC1C[C@@H]2CN(c3cccc(-c4cncc(F)c4)n3)C[C@@H]2C1. The highest BCUT2D eigenvalue weighted by molar-refractivity contribution is 5.64. The molecular weight excluding hydrogens is 335 g/mol. The van der Waals surface area contributed by atoms with Gasteiger partial charge in [-0.25, -0.2) is 14.2 Å². The predicted molar refractivity (Wildman–Crippen MR) is 95.4 cm³/mol. The molecule has 2 aromatic rings. The molecule has 0 radical (unpaired) electrons. The minimum Gasteiger partial charge on any atom is -0.465 e. The van der Waals surface area contributed by atoms with Gasteiger partial charge < -0.3 is 15.3 Å². The van der Waals surface area contributed by atoms with Crippen molar-refractivity contribution in [3.63, 3.8) is 0 Å². The van der Waals surface area contributed by atoms with E-state index in [1.807, 2.05) is 18.2 Å². The van der Waals surface area contributed by atoms with E-state index in [0.717, 1.165) is 37.4 Å². The lowest BCUT2D eigenvalue weighted by atomic mass is 10.0. The van der Waals surface area contributed by atoms with Crippen LogP contribution in [0.25, 0.3) is 11.3 Å². The summed E-state index contributed by atoms with van der Waals surface area (Å²) in [5.74, 6) is 2.13. The van der Waals surface area contributed by atoms with Gasteiger partial charge in [-0.1, -0.05) is 6.07 Å². The molecule has 1 aliphatic carbocycles. The van der Waals surface area contributed by atoms with Crippen LogP contribution in [0.3, 0.4) is 0 Å². The number of hydrogen-bond donors (Lipinski definition) is 2. The van der Waals surface area contributed by atoms with Gasteiger partial charge in [0.15, 0.2) is 0 Å². The molecule has 1 aliphatic heterocycles. The Labute approximate surface area is 151 Å². The lowest BCUT2D eigenvalue weighted by Crippen LogP contribution is -2.28. The fourth-order valence-corrected chi connectivity index (χ4v) is 4.32. The van der Waals surface area contributed by atoms with Gasteiger partial charge in [-0.3, -0.25) is 4.98 Å². The Balaban J connectivity index is 1.43. The number of pyridine rings is 2. The van der Waals surface area contributed by atoms with Crippen LogP contribution in [0.5, 0.6) is 0 Å². The second kappa shape index (κ2) is 6.90. The number of carbonyl (C=O) groups is 1. The molecule has 3 atom stereocenters. The second-order valence-corrected chi connectivity index (χ2v) is 7.22. The number of anilines is 1. The topological polar surface area (TPSA) is 78.4 Å². The Morgan fingerprint density at radius 1 is 1.27 bits per heavy atom. The zero-order chi connectivity index (χ0) is 18.1. The van der Waals surface area contributed by atoms with Crippen LogP contribution >= 0.6 is 0 Å². The van der Waals surface area contributed by atoms with Crippen LogP contribution in [-0.2, 0) is 0 Å². The van der Waals surface area contributed by atoms with E-state index in [9.17, 15) is 9.18 Å². The van der Waals surface area contributed by atoms with Crippen LogP contribution in [0.2, 0.25) is 0 Å². The zero-order valence-electron chi connectivity index (χ0n) is 14.3. The number of nitrogens with one attached hydrogen (secondary N) is 1. The summed E-state index contributed by atoms with van der Waals surface area (Å²) in [7, 11) is 0. The third-order valence-electron chi connectivity index (χ3n) is 5.45. The average Bonchev–Trinajstić information content (AvgIpc) is 3.19. The molecule has 3 heterocycles. The first kappa shape index (κ1) is 16.8. The molecule has 2 aromatic heterocycles. The summed E-state index contributed by atoms with van der Waals surface area (Å²) in [6.07, 6.45) is 3.96. The van der Waals surface area contributed by atoms with Crippen molar-refractivity contribution in [2.75, 3.05) is 24.5 Å². The number of hydrogen-bond acceptors (Lipinski definition) is 4. The summed E-state index contributed by atoms with van der Waals surface area (Å²) in [6.45, 7) is 2.42. The van der Waals surface area contributed by atoms with Crippen LogP contribution in [0.15, 0.2) is 36.7 Å². The summed E-state index contributed by atoms with van der Waals surface area (Å²) < 4.78 is 13.4. The van der Waals surface area contributed by atoms with Crippen LogP contribution < -0.4 is 10.2 Å². The van der Waals surface area contributed by atoms with Crippen molar-refractivity contribution in [2.45, 2.75) is 12.8 Å². The molecule has 2 N–H and O–H groups in total. The van der Waals surface area contributed by atoms with Gasteiger partial charge in [-0.05, 0) is 48.8 Å². The molecule has 2 aliphatic rings. The molecule has 0 bridgehead atoms. The zero-order valence-corrected chi connectivity index (χ0v) is 14.3. The third kappa shape index (κ3) is 3.47. The summed E-state index contributed by atoms with van der Waals surface area (Å²) in [6, 6.07) is 7.24. The summed E-state index contributed by atoms with van der Waals surface area (Å²) in [4.78, 5) is 21.5. The monoisotopic (exact) mass is 356 g/mol. The first-order valence-electron chi connectivity index (χ1n) is 8.88. The number of nitrogens with zero attached hydrogens (tertiary/aromatic N) is 3. The standard InChI is InChI=1S/C19H21FN4O2/c20-16-6-13(8-21-9-16)17-2-1-3-18(23-17)24-10-14-4-12(5-15(14)11-24)7-22-19(25)26/h1-3,6,8-9,12,14-15,22H,4-5,7,10-11H2,(H,25,26)/t12?,14-,15+. The van der Waals surface area contributed by atoms with Crippen molar-refractivity contribution < 1.29 is 14.3 Å². The molecule has 0 aromatic carbocycles. The smallest absolute Gasteiger partial charge is 0.404 e. The fraction of sp³-hybridized carbons (Fsp3) is 0.421. The highest BCUT2D eigenvalue weighted by Crippen LogP contribution is 2.42. The van der Waals surface area contributed by atoms with Crippen molar-refractivity contribution >= 4 is 11.9 Å². The minimum absolute atomic E-state index is 0.369. The molecule has 7 heteroatoms. The summed E-state index contributed by atoms with van der Waals surface area (Å²) >= 11 is 0. The van der Waals surface area contributed by atoms with Crippen LogP contribution in [-0.4, -0.2) is 40.8 Å². The van der Waals surface area contributed by atoms with Gasteiger partial charge >= 0.3 is 6.09 Å². The molecule has 136 valence electrons. The second-order valence-electron chi connectivity index (χ2n) is 7.22. The van der Waals surface area contributed by atoms with Crippen molar-refractivity contribution in [1.29, 1.82) is 0 Å². The van der Waals surface area contributed by atoms with Gasteiger partial charge in [-0.2, -0.15) is 0 Å². The van der Waals surface area contributed by atoms with Crippen LogP contribution in [0, 0.1) is 23.6 Å². The van der Waals surface area contributed by atoms with E-state index in [0.29, 0.717) is 29.9 Å². The van der Waals surface area contributed by atoms with Crippen LogP contribution in [0.1, 0.15) is 12.8 Å². The van der Waals surface area contributed by atoms with Crippen molar-refractivity contribution in [3.05, 3.63) is 42.5 Å². The van der Waals surface area contributed by atoms with Crippen molar-refractivity contribution in [1.82, 2.24) is 15.3 Å². The first-order valence-corrected chi connectivity index (χ1v) is 8.88. The molecule has 1 unspecified atom stereocenters. The molecule has 1 amide bonds. The Bertz CT molecular complexity index is 802. The quantitative estimate of drug-likeness (QED) is 0.880. The molecular formula is C19H21FN4O2. The van der Waals surface area contributed by atoms with E-state index in [2.05, 4.69) is 15.2 Å². The van der Waals surface area contributed by atoms with E-state index < -0.39 is 6.09 Å². The molecule has 6 nitrogen and oxygen atoms in total. The van der Waals surface area contributed by atoms with Gasteiger partial charge in [0, 0.05) is 31.4 Å². The van der Waals surface area contributed by atoms with Crippen molar-refractivity contribution in [3.8, 4) is 11.3 Å². The highest BCUT2D eigenvalue weighted by Gasteiger charge is 2.41. The number of fused-ring (bicyclic) bond motifs is 1. The molecule has 1 saturated carbocycles. The molecule has 0 spiro atoms. The van der Waals surface area contributed by atoms with E-state index in [1.165, 1.54) is 12.3 Å². The lowest BCUT2D eigenvalue weighted by molar-refractivity contribution is 0.192. The molecule has 4 rings (SSSR count). The number of aromatic nitrogens is 2. The average molecular weight is 356 g/mol. The van der Waals surface area contributed by atoms with E-state index in [4.69, 9.17) is 10.1 Å². The number of amides is 1. The molecule has 2 fully saturated rings. The Hall–Kier alpha value is -2.70. The number of rotatable bonds is 4. The Morgan fingerprint density at radius 3 is 2.73 bits per heavy atom. The van der Waals surface area contributed by atoms with E-state index >= 15 is 0 Å². The van der Waals surface area contributed by atoms with Crippen molar-refractivity contribution in [2.24, 2.45) is 17.8 Å². The van der Waals surface area contributed by atoms with Gasteiger partial charge in [0.1, 0.15) is 11.6 Å².